The van der Waals surface area contributed by atoms with Crippen LogP contribution in [0.25, 0.3) is 16.6 Å². The maximum Gasteiger partial charge on any atom is 0.155 e. The van der Waals surface area contributed by atoms with Gasteiger partial charge in [-0.05, 0) is 59.1 Å². The second-order valence-corrected chi connectivity index (χ2v) is 9.52. The van der Waals surface area contributed by atoms with Gasteiger partial charge in [-0.2, -0.15) is 5.10 Å². The van der Waals surface area contributed by atoms with Crippen molar-refractivity contribution in [3.63, 3.8) is 0 Å². The molecule has 6 rings (SSSR count). The molecule has 1 saturated heterocycles. The van der Waals surface area contributed by atoms with Crippen molar-refractivity contribution in [2.45, 2.75) is 30.4 Å². The summed E-state index contributed by atoms with van der Waals surface area (Å²) < 4.78 is 9.11. The molecular formula is C23H23BrN6O. The number of methoxy groups -OCH3 is 1. The summed E-state index contributed by atoms with van der Waals surface area (Å²) in [6, 6.07) is 8.76. The van der Waals surface area contributed by atoms with Gasteiger partial charge in [-0.15, -0.1) is 0 Å². The maximum atomic E-state index is 6.39. The number of fused-ring (bicyclic) bond motifs is 2. The Morgan fingerprint density at radius 2 is 2.19 bits per heavy atom. The average molecular weight is 479 g/mol. The summed E-state index contributed by atoms with van der Waals surface area (Å²) in [5.74, 6) is 1.01. The first-order valence-electron chi connectivity index (χ1n) is 10.5. The number of pyridine rings is 1. The Labute approximate surface area is 188 Å². The van der Waals surface area contributed by atoms with Crippen molar-refractivity contribution < 1.29 is 4.74 Å². The number of likely N-dealkylation sites (N-methyl/N-ethyl adjacent to an activating group) is 1. The zero-order valence-corrected chi connectivity index (χ0v) is 19.0. The van der Waals surface area contributed by atoms with Gasteiger partial charge in [-0.1, -0.05) is 12.1 Å². The minimum atomic E-state index is -0.394. The number of hydrogen-bond acceptors (Lipinski definition) is 5. The molecule has 0 bridgehead atoms. The molecule has 3 aromatic heterocycles. The number of H-pyrrole nitrogens is 1. The molecule has 3 atom stereocenters. The van der Waals surface area contributed by atoms with E-state index < -0.39 is 5.60 Å². The number of halogens is 1. The molecule has 4 heterocycles. The summed E-state index contributed by atoms with van der Waals surface area (Å²) >= 11 is 3.48. The van der Waals surface area contributed by atoms with Crippen LogP contribution in [0.5, 0.6) is 0 Å². The zero-order chi connectivity index (χ0) is 21.2. The summed E-state index contributed by atoms with van der Waals surface area (Å²) in [6.45, 7) is 0.895. The van der Waals surface area contributed by atoms with Crippen LogP contribution in [0.1, 0.15) is 29.3 Å². The fourth-order valence-electron chi connectivity index (χ4n) is 5.60. The number of piperidine rings is 1. The van der Waals surface area contributed by atoms with E-state index in [9.17, 15) is 0 Å². The van der Waals surface area contributed by atoms with E-state index in [0.29, 0.717) is 0 Å². The molecule has 8 heteroatoms. The fraction of sp³-hybridized carbons (Fsp3) is 0.348. The Morgan fingerprint density at radius 3 is 3.03 bits per heavy atom. The summed E-state index contributed by atoms with van der Waals surface area (Å²) in [7, 11) is 4.04. The lowest BCUT2D eigenvalue weighted by molar-refractivity contribution is -0.115. The van der Waals surface area contributed by atoms with Crippen LogP contribution in [0.4, 0.5) is 0 Å². The molecular weight excluding hydrogens is 456 g/mol. The molecule has 1 aliphatic heterocycles. The van der Waals surface area contributed by atoms with Crippen molar-refractivity contribution in [1.29, 1.82) is 0 Å². The van der Waals surface area contributed by atoms with Gasteiger partial charge in [0.2, 0.25) is 0 Å². The van der Waals surface area contributed by atoms with Gasteiger partial charge in [0.1, 0.15) is 11.9 Å². The van der Waals surface area contributed by atoms with E-state index in [1.54, 1.807) is 23.4 Å². The Morgan fingerprint density at radius 1 is 1.29 bits per heavy atom. The van der Waals surface area contributed by atoms with Crippen LogP contribution in [0.15, 0.2) is 53.7 Å². The van der Waals surface area contributed by atoms with Crippen molar-refractivity contribution in [2.75, 3.05) is 20.7 Å². The van der Waals surface area contributed by atoms with E-state index in [0.717, 1.165) is 35.4 Å². The first-order chi connectivity index (χ1) is 15.1. The van der Waals surface area contributed by atoms with Gasteiger partial charge in [0.25, 0.3) is 0 Å². The topological polar surface area (TPSA) is 71.9 Å². The molecule has 0 saturated carbocycles. The summed E-state index contributed by atoms with van der Waals surface area (Å²) in [4.78, 5) is 14.8. The van der Waals surface area contributed by atoms with Crippen molar-refractivity contribution in [1.82, 2.24) is 29.6 Å². The van der Waals surface area contributed by atoms with Gasteiger partial charge in [0, 0.05) is 53.4 Å². The first-order valence-corrected chi connectivity index (χ1v) is 11.3. The Kier molecular flexibility index (Phi) is 4.31. The molecule has 4 aromatic rings. The first kappa shape index (κ1) is 19.2. The van der Waals surface area contributed by atoms with Crippen LogP contribution in [0, 0.1) is 0 Å². The molecule has 1 fully saturated rings. The highest BCUT2D eigenvalue weighted by atomic mass is 79.9. The lowest BCUT2D eigenvalue weighted by Crippen LogP contribution is -2.58. The van der Waals surface area contributed by atoms with Gasteiger partial charge in [0.05, 0.1) is 11.9 Å². The third-order valence-corrected chi connectivity index (χ3v) is 7.41. The second kappa shape index (κ2) is 6.98. The largest absolute Gasteiger partial charge is 0.372 e. The average Bonchev–Trinajstić information content (AvgIpc) is 3.43. The number of aromatic nitrogens is 5. The van der Waals surface area contributed by atoms with Gasteiger partial charge in [-0.25, -0.2) is 9.67 Å². The Bertz CT molecular complexity index is 1280. The van der Waals surface area contributed by atoms with E-state index in [1.165, 1.54) is 22.0 Å². The standard InChI is InChI=1S/C23H23BrN6O/c1-29-12-15(22-27-13-30(28-22)17-7-16(24)10-25-11-17)8-23(31-2)18-4-3-5-19-21(18)14(9-26-19)6-20(23)29/h3-5,7,9-11,13,15,20,26H,6,8,12H2,1-2H3/t15?,20-,23+/m1/s1. The highest BCUT2D eigenvalue weighted by Crippen LogP contribution is 2.50. The molecule has 0 spiro atoms. The molecule has 31 heavy (non-hydrogen) atoms. The predicted molar refractivity (Wildman–Crippen MR) is 121 cm³/mol. The zero-order valence-electron chi connectivity index (χ0n) is 17.4. The molecule has 1 unspecified atom stereocenters. The van der Waals surface area contributed by atoms with Gasteiger partial charge >= 0.3 is 0 Å². The molecule has 1 aliphatic carbocycles. The highest BCUT2D eigenvalue weighted by molar-refractivity contribution is 9.10. The predicted octanol–water partition coefficient (Wildman–Crippen LogP) is 3.79. The number of hydrogen-bond donors (Lipinski definition) is 1. The van der Waals surface area contributed by atoms with Crippen LogP contribution < -0.4 is 0 Å². The normalized spacial score (nSPS) is 25.6. The summed E-state index contributed by atoms with van der Waals surface area (Å²) in [5.41, 5.74) is 4.31. The van der Waals surface area contributed by atoms with Crippen LogP contribution >= 0.6 is 15.9 Å². The fourth-order valence-corrected chi connectivity index (χ4v) is 5.95. The molecule has 1 N–H and O–H groups in total. The summed E-state index contributed by atoms with van der Waals surface area (Å²) in [6.07, 6.45) is 9.30. The van der Waals surface area contributed by atoms with Crippen LogP contribution in [-0.2, 0) is 16.8 Å². The second-order valence-electron chi connectivity index (χ2n) is 8.60. The van der Waals surface area contributed by atoms with E-state index >= 15 is 0 Å². The number of benzene rings is 1. The van der Waals surface area contributed by atoms with Gasteiger partial charge in [0.15, 0.2) is 5.82 Å². The third kappa shape index (κ3) is 2.82. The van der Waals surface area contributed by atoms with E-state index in [2.05, 4.69) is 67.2 Å². The minimum absolute atomic E-state index is 0.165. The monoisotopic (exact) mass is 478 g/mol. The SMILES string of the molecule is CO[C@]12CC(c3ncn(-c4cncc(Br)c4)n3)CN(C)[C@@H]1Cc1c[nH]c3cccc2c13. The lowest BCUT2D eigenvalue weighted by atomic mass is 9.68. The number of aromatic amines is 1. The van der Waals surface area contributed by atoms with Crippen LogP contribution in [-0.4, -0.2) is 56.4 Å². The van der Waals surface area contributed by atoms with Crippen LogP contribution in [0.3, 0.4) is 0 Å². The Balaban J connectivity index is 1.42. The molecule has 0 amide bonds. The van der Waals surface area contributed by atoms with E-state index in [1.807, 2.05) is 13.2 Å². The van der Waals surface area contributed by atoms with E-state index in [-0.39, 0.29) is 12.0 Å². The highest BCUT2D eigenvalue weighted by Gasteiger charge is 2.52. The quantitative estimate of drug-likeness (QED) is 0.484. The van der Waals surface area contributed by atoms with Gasteiger partial charge in [-0.3, -0.25) is 9.88 Å². The Hall–Kier alpha value is -2.55. The van der Waals surface area contributed by atoms with E-state index in [4.69, 9.17) is 9.84 Å². The maximum absolute atomic E-state index is 6.39. The minimum Gasteiger partial charge on any atom is -0.372 e. The van der Waals surface area contributed by atoms with Crippen LogP contribution in [0.2, 0.25) is 0 Å². The van der Waals surface area contributed by atoms with Crippen molar-refractivity contribution in [2.24, 2.45) is 0 Å². The van der Waals surface area contributed by atoms with Crippen molar-refractivity contribution in [3.05, 3.63) is 70.6 Å². The number of ether oxygens (including phenoxy) is 1. The molecule has 0 radical (unpaired) electrons. The molecule has 7 nitrogen and oxygen atoms in total. The van der Waals surface area contributed by atoms with Crippen molar-refractivity contribution in [3.8, 4) is 5.69 Å². The number of likely N-dealkylation sites (tertiary alicyclic amines) is 1. The third-order valence-electron chi connectivity index (χ3n) is 6.98. The molecule has 158 valence electrons. The number of rotatable bonds is 3. The van der Waals surface area contributed by atoms with Crippen molar-refractivity contribution >= 4 is 26.8 Å². The smallest absolute Gasteiger partial charge is 0.155 e. The summed E-state index contributed by atoms with van der Waals surface area (Å²) in [5, 5.41) is 6.14. The number of nitrogens with one attached hydrogen (secondary N) is 1. The lowest BCUT2D eigenvalue weighted by Gasteiger charge is -2.52. The van der Waals surface area contributed by atoms with Gasteiger partial charge < -0.3 is 9.72 Å². The molecule has 1 aromatic carbocycles. The number of nitrogens with zero attached hydrogens (tertiary/aromatic N) is 5. The molecule has 2 aliphatic rings.